The lowest BCUT2D eigenvalue weighted by molar-refractivity contribution is 0.693. The molecule has 4 nitrogen and oxygen atoms in total. The molecule has 0 unspecified atom stereocenters. The maximum absolute atomic E-state index is 5.79. The van der Waals surface area contributed by atoms with Gasteiger partial charge in [-0.3, -0.25) is 4.68 Å². The first-order valence-corrected chi connectivity index (χ1v) is 7.40. The van der Waals surface area contributed by atoms with Crippen LogP contribution in [0.3, 0.4) is 0 Å². The van der Waals surface area contributed by atoms with Gasteiger partial charge >= 0.3 is 0 Å². The Hall–Kier alpha value is -1.40. The summed E-state index contributed by atoms with van der Waals surface area (Å²) >= 11 is 8.70. The number of nitrogens with zero attached hydrogens (tertiary/aromatic N) is 3. The van der Waals surface area contributed by atoms with Crippen molar-refractivity contribution in [3.05, 3.63) is 45.7 Å². The molecule has 1 aromatic heterocycles. The maximum Gasteiger partial charge on any atom is 0.106 e. The van der Waals surface area contributed by atoms with Crippen molar-refractivity contribution < 1.29 is 0 Å². The number of thiocarbonyl (C=S) groups is 1. The van der Waals surface area contributed by atoms with E-state index in [1.165, 1.54) is 0 Å². The lowest BCUT2D eigenvalue weighted by atomic mass is 10.1. The smallest absolute Gasteiger partial charge is 0.106 e. The van der Waals surface area contributed by atoms with Crippen molar-refractivity contribution in [2.24, 2.45) is 12.8 Å². The molecule has 6 heteroatoms. The molecule has 0 amide bonds. The average Bonchev–Trinajstić information content (AvgIpc) is 2.65. The van der Waals surface area contributed by atoms with Crippen molar-refractivity contribution in [3.63, 3.8) is 0 Å². The van der Waals surface area contributed by atoms with Gasteiger partial charge in [0.15, 0.2) is 0 Å². The SMILES string of the molecule is Cc1nn(C)c(CN(C)c2ccccc2C(N)=S)c1Br. The van der Waals surface area contributed by atoms with E-state index in [9.17, 15) is 0 Å². The Labute approximate surface area is 132 Å². The third-order valence-corrected chi connectivity index (χ3v) is 4.48. The highest BCUT2D eigenvalue weighted by Gasteiger charge is 2.15. The van der Waals surface area contributed by atoms with Crippen LogP contribution in [0, 0.1) is 6.92 Å². The Morgan fingerprint density at radius 1 is 1.45 bits per heavy atom. The molecule has 2 aromatic rings. The molecule has 106 valence electrons. The molecular weight excluding hydrogens is 336 g/mol. The molecule has 0 aliphatic carbocycles. The van der Waals surface area contributed by atoms with Crippen molar-refractivity contribution in [2.75, 3.05) is 11.9 Å². The monoisotopic (exact) mass is 352 g/mol. The molecule has 1 aromatic carbocycles. The van der Waals surface area contributed by atoms with Gasteiger partial charge in [-0.05, 0) is 35.0 Å². The van der Waals surface area contributed by atoms with Crippen molar-refractivity contribution >= 4 is 38.8 Å². The van der Waals surface area contributed by atoms with Crippen molar-refractivity contribution in [3.8, 4) is 0 Å². The summed E-state index contributed by atoms with van der Waals surface area (Å²) in [6, 6.07) is 7.89. The molecule has 0 fully saturated rings. The summed E-state index contributed by atoms with van der Waals surface area (Å²) in [4.78, 5) is 2.53. The van der Waals surface area contributed by atoms with Crippen LogP contribution in [0.1, 0.15) is 17.0 Å². The summed E-state index contributed by atoms with van der Waals surface area (Å²) in [6.45, 7) is 2.70. The minimum Gasteiger partial charge on any atom is -0.389 e. The summed E-state index contributed by atoms with van der Waals surface area (Å²) < 4.78 is 2.93. The largest absolute Gasteiger partial charge is 0.389 e. The number of hydrogen-bond donors (Lipinski definition) is 1. The highest BCUT2D eigenvalue weighted by atomic mass is 79.9. The lowest BCUT2D eigenvalue weighted by Gasteiger charge is -2.22. The quantitative estimate of drug-likeness (QED) is 0.859. The van der Waals surface area contributed by atoms with Crippen LogP contribution in [0.15, 0.2) is 28.7 Å². The van der Waals surface area contributed by atoms with Gasteiger partial charge in [-0.1, -0.05) is 24.4 Å². The molecule has 1 heterocycles. The number of aryl methyl sites for hydroxylation is 2. The summed E-state index contributed by atoms with van der Waals surface area (Å²) in [7, 11) is 3.96. The first-order chi connectivity index (χ1) is 9.41. The molecule has 0 aliphatic heterocycles. The van der Waals surface area contributed by atoms with Gasteiger partial charge in [0.05, 0.1) is 22.4 Å². The normalized spacial score (nSPS) is 10.6. The van der Waals surface area contributed by atoms with Crippen molar-refractivity contribution in [1.29, 1.82) is 0 Å². The molecule has 0 bridgehead atoms. The Kier molecular flexibility index (Phi) is 4.45. The van der Waals surface area contributed by atoms with Crippen LogP contribution in [-0.4, -0.2) is 21.8 Å². The number of benzene rings is 1. The number of nitrogens with two attached hydrogens (primary N) is 1. The van der Waals surface area contributed by atoms with Crippen molar-refractivity contribution in [1.82, 2.24) is 9.78 Å². The van der Waals surface area contributed by atoms with Gasteiger partial charge in [-0.15, -0.1) is 0 Å². The molecule has 2 rings (SSSR count). The standard InChI is InChI=1S/C14H17BrN4S/c1-9-13(15)12(19(3)17-9)8-18(2)11-7-5-4-6-10(11)14(16)20/h4-7H,8H2,1-3H3,(H2,16,20). The number of para-hydroxylation sites is 1. The van der Waals surface area contributed by atoms with E-state index in [-0.39, 0.29) is 0 Å². The zero-order valence-corrected chi connectivity index (χ0v) is 14.1. The van der Waals surface area contributed by atoms with E-state index >= 15 is 0 Å². The van der Waals surface area contributed by atoms with E-state index in [0.29, 0.717) is 4.99 Å². The van der Waals surface area contributed by atoms with E-state index < -0.39 is 0 Å². The molecule has 0 atom stereocenters. The van der Waals surface area contributed by atoms with Crippen LogP contribution in [0.5, 0.6) is 0 Å². The fraction of sp³-hybridized carbons (Fsp3) is 0.286. The highest BCUT2D eigenvalue weighted by Crippen LogP contribution is 2.25. The predicted octanol–water partition coefficient (Wildman–Crippen LogP) is 2.76. The van der Waals surface area contributed by atoms with Crippen LogP contribution < -0.4 is 10.6 Å². The van der Waals surface area contributed by atoms with E-state index in [0.717, 1.165) is 33.7 Å². The fourth-order valence-electron chi connectivity index (χ4n) is 2.18. The second-order valence-corrected chi connectivity index (χ2v) is 5.94. The topological polar surface area (TPSA) is 47.1 Å². The Balaban J connectivity index is 2.33. The van der Waals surface area contributed by atoms with Gasteiger partial charge in [0.1, 0.15) is 4.99 Å². The highest BCUT2D eigenvalue weighted by molar-refractivity contribution is 9.10. The zero-order chi connectivity index (χ0) is 14.9. The molecular formula is C14H17BrN4S. The first kappa shape index (κ1) is 15.0. The Bertz CT molecular complexity index is 651. The minimum absolute atomic E-state index is 0.410. The lowest BCUT2D eigenvalue weighted by Crippen LogP contribution is -2.22. The summed E-state index contributed by atoms with van der Waals surface area (Å²) in [6.07, 6.45) is 0. The van der Waals surface area contributed by atoms with E-state index in [1.807, 2.05) is 50.0 Å². The first-order valence-electron chi connectivity index (χ1n) is 6.19. The molecule has 0 radical (unpaired) electrons. The number of rotatable bonds is 4. The minimum atomic E-state index is 0.410. The van der Waals surface area contributed by atoms with Gasteiger partial charge in [0, 0.05) is 25.3 Å². The number of halogens is 1. The van der Waals surface area contributed by atoms with E-state index in [4.69, 9.17) is 18.0 Å². The summed E-state index contributed by atoms with van der Waals surface area (Å²) in [5.41, 5.74) is 9.79. The third kappa shape index (κ3) is 2.86. The van der Waals surface area contributed by atoms with Gasteiger partial charge in [0.25, 0.3) is 0 Å². The van der Waals surface area contributed by atoms with Crippen LogP contribution in [0.2, 0.25) is 0 Å². The van der Waals surface area contributed by atoms with Gasteiger partial charge in [-0.2, -0.15) is 5.10 Å². The number of anilines is 1. The average molecular weight is 353 g/mol. The van der Waals surface area contributed by atoms with E-state index in [2.05, 4.69) is 25.9 Å². The zero-order valence-electron chi connectivity index (χ0n) is 11.7. The van der Waals surface area contributed by atoms with Crippen LogP contribution in [-0.2, 0) is 13.6 Å². The van der Waals surface area contributed by atoms with Crippen LogP contribution in [0.25, 0.3) is 0 Å². The summed E-state index contributed by atoms with van der Waals surface area (Å²) in [5, 5.41) is 4.41. The molecule has 0 spiro atoms. The third-order valence-electron chi connectivity index (χ3n) is 3.23. The molecule has 0 saturated heterocycles. The fourth-order valence-corrected chi connectivity index (χ4v) is 2.81. The van der Waals surface area contributed by atoms with E-state index in [1.54, 1.807) is 0 Å². The van der Waals surface area contributed by atoms with Crippen LogP contribution >= 0.6 is 28.1 Å². The second-order valence-electron chi connectivity index (χ2n) is 4.71. The van der Waals surface area contributed by atoms with Gasteiger partial charge in [0.2, 0.25) is 0 Å². The Morgan fingerprint density at radius 3 is 2.65 bits per heavy atom. The van der Waals surface area contributed by atoms with Gasteiger partial charge < -0.3 is 10.6 Å². The summed E-state index contributed by atoms with van der Waals surface area (Å²) in [5.74, 6) is 0. The molecule has 0 aliphatic rings. The predicted molar refractivity (Wildman–Crippen MR) is 90.1 cm³/mol. The van der Waals surface area contributed by atoms with Gasteiger partial charge in [-0.25, -0.2) is 0 Å². The van der Waals surface area contributed by atoms with Crippen molar-refractivity contribution in [2.45, 2.75) is 13.5 Å². The number of hydrogen-bond acceptors (Lipinski definition) is 3. The molecule has 0 saturated carbocycles. The second kappa shape index (κ2) is 5.93. The maximum atomic E-state index is 5.79. The number of aromatic nitrogens is 2. The van der Waals surface area contributed by atoms with Crippen LogP contribution in [0.4, 0.5) is 5.69 Å². The molecule has 2 N–H and O–H groups in total. The Morgan fingerprint density at radius 2 is 2.10 bits per heavy atom. The molecule has 20 heavy (non-hydrogen) atoms.